The van der Waals surface area contributed by atoms with Gasteiger partial charge in [0.2, 0.25) is 0 Å². The zero-order chi connectivity index (χ0) is 12.3. The third kappa shape index (κ3) is 2.82. The summed E-state index contributed by atoms with van der Waals surface area (Å²) in [5, 5.41) is 0. The largest absolute Gasteiger partial charge is 0.354 e. The highest BCUT2D eigenvalue weighted by molar-refractivity contribution is 14.1. The van der Waals surface area contributed by atoms with Crippen molar-refractivity contribution in [2.24, 2.45) is 0 Å². The van der Waals surface area contributed by atoms with Crippen molar-refractivity contribution in [3.63, 3.8) is 0 Å². The van der Waals surface area contributed by atoms with E-state index in [1.807, 2.05) is 46.7 Å². The molecule has 0 fully saturated rings. The fourth-order valence-electron chi connectivity index (χ4n) is 1.48. The Morgan fingerprint density at radius 1 is 1.53 bits per heavy atom. The summed E-state index contributed by atoms with van der Waals surface area (Å²) in [5.41, 5.74) is 0.960. The molecule has 0 saturated heterocycles. The first-order chi connectivity index (χ1) is 8.18. The Balaban J connectivity index is 2.23. The van der Waals surface area contributed by atoms with Crippen LogP contribution in [0.5, 0.6) is 0 Å². The van der Waals surface area contributed by atoms with Crippen LogP contribution in [0.2, 0.25) is 0 Å². The van der Waals surface area contributed by atoms with Gasteiger partial charge >= 0.3 is 0 Å². The Morgan fingerprint density at radius 2 is 2.35 bits per heavy atom. The minimum absolute atomic E-state index is 0.117. The van der Waals surface area contributed by atoms with Crippen LogP contribution >= 0.6 is 22.6 Å². The number of hydrogen-bond acceptors (Lipinski definition) is 4. The van der Waals surface area contributed by atoms with Crippen LogP contribution in [0, 0.1) is 3.57 Å². The number of aromatic amines is 1. The summed E-state index contributed by atoms with van der Waals surface area (Å²) in [6, 6.07) is 3.88. The molecule has 2 rings (SSSR count). The molecule has 0 saturated carbocycles. The third-order valence-electron chi connectivity index (χ3n) is 2.28. The monoisotopic (exact) mass is 342 g/mol. The van der Waals surface area contributed by atoms with Crippen molar-refractivity contribution in [2.75, 3.05) is 11.9 Å². The summed E-state index contributed by atoms with van der Waals surface area (Å²) in [7, 11) is 1.90. The number of H-pyrrole nitrogens is 1. The maximum atomic E-state index is 11.5. The number of aromatic nitrogens is 3. The van der Waals surface area contributed by atoms with Crippen LogP contribution in [0.15, 0.2) is 35.6 Å². The van der Waals surface area contributed by atoms with E-state index in [2.05, 4.69) is 15.0 Å². The lowest BCUT2D eigenvalue weighted by Gasteiger charge is -2.18. The highest BCUT2D eigenvalue weighted by Gasteiger charge is 2.10. The summed E-state index contributed by atoms with van der Waals surface area (Å²) in [4.78, 5) is 24.2. The molecule has 0 aliphatic carbocycles. The number of halogens is 1. The molecule has 0 aromatic carbocycles. The first-order valence-electron chi connectivity index (χ1n) is 5.01. The molecule has 88 valence electrons. The molecule has 0 amide bonds. The second kappa shape index (κ2) is 5.26. The Labute approximate surface area is 112 Å². The standard InChI is InChI=1S/C11H11IN4O/c1-16(6-8-3-2-4-13-5-8)10-9(12)11(17)15-7-14-10/h2-5,7H,6H2,1H3,(H,14,15,17). The number of anilines is 1. The van der Waals surface area contributed by atoms with Crippen molar-refractivity contribution in [3.8, 4) is 0 Å². The molecular weight excluding hydrogens is 331 g/mol. The molecule has 0 atom stereocenters. The molecule has 2 aromatic heterocycles. The van der Waals surface area contributed by atoms with Gasteiger partial charge in [0, 0.05) is 26.0 Å². The second-order valence-corrected chi connectivity index (χ2v) is 4.67. The van der Waals surface area contributed by atoms with E-state index < -0.39 is 0 Å². The van der Waals surface area contributed by atoms with Crippen molar-refractivity contribution in [1.29, 1.82) is 0 Å². The molecule has 0 aliphatic rings. The lowest BCUT2D eigenvalue weighted by atomic mass is 10.3. The fraction of sp³-hybridized carbons (Fsp3) is 0.182. The van der Waals surface area contributed by atoms with E-state index in [4.69, 9.17) is 0 Å². The van der Waals surface area contributed by atoms with E-state index in [9.17, 15) is 4.79 Å². The van der Waals surface area contributed by atoms with Gasteiger partial charge in [0.05, 0.1) is 6.33 Å². The topological polar surface area (TPSA) is 61.9 Å². The zero-order valence-electron chi connectivity index (χ0n) is 9.22. The van der Waals surface area contributed by atoms with Crippen molar-refractivity contribution < 1.29 is 0 Å². The van der Waals surface area contributed by atoms with Gasteiger partial charge in [-0.2, -0.15) is 0 Å². The van der Waals surface area contributed by atoms with Gasteiger partial charge in [0.25, 0.3) is 5.56 Å². The van der Waals surface area contributed by atoms with Crippen molar-refractivity contribution >= 4 is 28.4 Å². The summed E-state index contributed by atoms with van der Waals surface area (Å²) in [6.07, 6.45) is 4.95. The average molecular weight is 342 g/mol. The summed E-state index contributed by atoms with van der Waals surface area (Å²) >= 11 is 2.00. The van der Waals surface area contributed by atoms with Crippen molar-refractivity contribution in [2.45, 2.75) is 6.54 Å². The molecule has 2 heterocycles. The van der Waals surface area contributed by atoms with Gasteiger partial charge in [-0.05, 0) is 34.2 Å². The zero-order valence-corrected chi connectivity index (χ0v) is 11.4. The van der Waals surface area contributed by atoms with Crippen LogP contribution in [0.25, 0.3) is 0 Å². The summed E-state index contributed by atoms with van der Waals surface area (Å²) in [5.74, 6) is 0.679. The Morgan fingerprint density at radius 3 is 3.06 bits per heavy atom. The summed E-state index contributed by atoms with van der Waals surface area (Å²) < 4.78 is 0.594. The first kappa shape index (κ1) is 12.0. The van der Waals surface area contributed by atoms with Crippen LogP contribution < -0.4 is 10.5 Å². The molecule has 0 spiro atoms. The SMILES string of the molecule is CN(Cc1cccnc1)c1nc[nH]c(=O)c1I. The molecule has 6 heteroatoms. The molecular formula is C11H11IN4O. The van der Waals surface area contributed by atoms with Crippen LogP contribution in [0.3, 0.4) is 0 Å². The predicted molar refractivity (Wildman–Crippen MR) is 73.9 cm³/mol. The van der Waals surface area contributed by atoms with Gasteiger partial charge in [0.1, 0.15) is 9.39 Å². The molecule has 5 nitrogen and oxygen atoms in total. The van der Waals surface area contributed by atoms with Crippen molar-refractivity contribution in [3.05, 3.63) is 50.3 Å². The highest BCUT2D eigenvalue weighted by atomic mass is 127. The molecule has 0 aliphatic heterocycles. The maximum Gasteiger partial charge on any atom is 0.266 e. The van der Waals surface area contributed by atoms with E-state index >= 15 is 0 Å². The van der Waals surface area contributed by atoms with Gasteiger partial charge in [-0.25, -0.2) is 4.98 Å². The van der Waals surface area contributed by atoms with E-state index in [0.717, 1.165) is 5.56 Å². The predicted octanol–water partition coefficient (Wildman–Crippen LogP) is 1.41. The lowest BCUT2D eigenvalue weighted by Crippen LogP contribution is -2.23. The highest BCUT2D eigenvalue weighted by Crippen LogP contribution is 2.15. The average Bonchev–Trinajstić information content (AvgIpc) is 2.34. The van der Waals surface area contributed by atoms with Crippen LogP contribution in [0.4, 0.5) is 5.82 Å². The minimum atomic E-state index is -0.117. The molecule has 0 radical (unpaired) electrons. The van der Waals surface area contributed by atoms with E-state index in [0.29, 0.717) is 15.9 Å². The van der Waals surface area contributed by atoms with Crippen LogP contribution in [-0.4, -0.2) is 22.0 Å². The lowest BCUT2D eigenvalue weighted by molar-refractivity contribution is 0.875. The number of pyridine rings is 1. The summed E-state index contributed by atoms with van der Waals surface area (Å²) in [6.45, 7) is 0.667. The van der Waals surface area contributed by atoms with Gasteiger partial charge in [-0.3, -0.25) is 9.78 Å². The second-order valence-electron chi connectivity index (χ2n) is 3.59. The smallest absolute Gasteiger partial charge is 0.266 e. The van der Waals surface area contributed by atoms with Gasteiger partial charge in [-0.1, -0.05) is 6.07 Å². The Hall–Kier alpha value is -1.44. The number of hydrogen-bond donors (Lipinski definition) is 1. The quantitative estimate of drug-likeness (QED) is 0.857. The normalized spacial score (nSPS) is 10.2. The number of nitrogens with zero attached hydrogens (tertiary/aromatic N) is 3. The Kier molecular flexibility index (Phi) is 3.72. The molecule has 2 aromatic rings. The maximum absolute atomic E-state index is 11.5. The van der Waals surface area contributed by atoms with Crippen LogP contribution in [-0.2, 0) is 6.54 Å². The van der Waals surface area contributed by atoms with E-state index in [1.165, 1.54) is 6.33 Å². The van der Waals surface area contributed by atoms with Gasteiger partial charge in [-0.15, -0.1) is 0 Å². The van der Waals surface area contributed by atoms with Gasteiger partial charge in [0.15, 0.2) is 0 Å². The van der Waals surface area contributed by atoms with Crippen molar-refractivity contribution in [1.82, 2.24) is 15.0 Å². The van der Waals surface area contributed by atoms with Gasteiger partial charge < -0.3 is 9.88 Å². The molecule has 17 heavy (non-hydrogen) atoms. The number of nitrogens with one attached hydrogen (secondary N) is 1. The fourth-order valence-corrected chi connectivity index (χ4v) is 2.19. The Bertz CT molecular complexity index is 555. The molecule has 1 N–H and O–H groups in total. The number of rotatable bonds is 3. The third-order valence-corrected chi connectivity index (χ3v) is 3.25. The van der Waals surface area contributed by atoms with Crippen LogP contribution in [0.1, 0.15) is 5.56 Å². The molecule has 0 bridgehead atoms. The van der Waals surface area contributed by atoms with E-state index in [-0.39, 0.29) is 5.56 Å². The first-order valence-corrected chi connectivity index (χ1v) is 6.09. The minimum Gasteiger partial charge on any atom is -0.354 e. The molecule has 0 unspecified atom stereocenters. The van der Waals surface area contributed by atoms with E-state index in [1.54, 1.807) is 12.4 Å².